The van der Waals surface area contributed by atoms with Gasteiger partial charge in [-0.15, -0.1) is 0 Å². The molecule has 2 aromatic rings. The van der Waals surface area contributed by atoms with Gasteiger partial charge in [-0.3, -0.25) is 10.1 Å². The summed E-state index contributed by atoms with van der Waals surface area (Å²) in [7, 11) is -2.54. The molecule has 2 aromatic carbocycles. The smallest absolute Gasteiger partial charge is 0.293 e. The molecule has 1 atom stereocenters. The molecule has 1 fully saturated rings. The van der Waals surface area contributed by atoms with Gasteiger partial charge in [0.25, 0.3) is 5.69 Å². The van der Waals surface area contributed by atoms with Crippen LogP contribution in [0.1, 0.15) is 24.4 Å². The molecule has 1 unspecified atom stereocenters. The lowest BCUT2D eigenvalue weighted by Gasteiger charge is -2.27. The van der Waals surface area contributed by atoms with Gasteiger partial charge in [-0.25, -0.2) is 17.5 Å². The van der Waals surface area contributed by atoms with E-state index >= 15 is 0 Å². The molecule has 26 heavy (non-hydrogen) atoms. The predicted molar refractivity (Wildman–Crippen MR) is 95.1 cm³/mol. The number of nitrogens with one attached hydrogen (secondary N) is 1. The summed E-state index contributed by atoms with van der Waals surface area (Å²) in [6.45, 7) is 0.570. The molecule has 1 heterocycles. The van der Waals surface area contributed by atoms with Crippen LogP contribution in [-0.2, 0) is 10.0 Å². The lowest BCUT2D eigenvalue weighted by Crippen LogP contribution is -2.24. The average Bonchev–Trinajstić information content (AvgIpc) is 3.10. The molecule has 1 aliphatic rings. The number of halogens is 1. The van der Waals surface area contributed by atoms with Crippen LogP contribution in [0.15, 0.2) is 47.4 Å². The maximum atomic E-state index is 13.6. The number of hydrogen-bond acceptors (Lipinski definition) is 5. The molecule has 1 N–H and O–H groups in total. The quantitative estimate of drug-likeness (QED) is 0.637. The Balaban J connectivity index is 2.06. The minimum atomic E-state index is -3.79. The van der Waals surface area contributed by atoms with Gasteiger partial charge in [-0.1, -0.05) is 12.1 Å². The Bertz CT molecular complexity index is 949. The van der Waals surface area contributed by atoms with E-state index < -0.39 is 14.9 Å². The summed E-state index contributed by atoms with van der Waals surface area (Å²) < 4.78 is 39.6. The second-order valence-corrected chi connectivity index (χ2v) is 7.91. The predicted octanol–water partition coefficient (Wildman–Crippen LogP) is 2.98. The molecule has 9 heteroatoms. The topological polar surface area (TPSA) is 92.6 Å². The van der Waals surface area contributed by atoms with Crippen molar-refractivity contribution in [2.24, 2.45) is 0 Å². The number of sulfonamides is 1. The summed E-state index contributed by atoms with van der Waals surface area (Å²) in [5, 5.41) is 11.5. The maximum absolute atomic E-state index is 13.6. The van der Waals surface area contributed by atoms with Crippen LogP contribution in [-0.4, -0.2) is 26.9 Å². The molecule has 0 amide bonds. The lowest BCUT2D eigenvalue weighted by molar-refractivity contribution is -0.384. The first-order chi connectivity index (χ1) is 12.3. The van der Waals surface area contributed by atoms with Crippen LogP contribution in [0.3, 0.4) is 0 Å². The largest absolute Gasteiger partial charge is 0.359 e. The second-order valence-electron chi connectivity index (χ2n) is 6.02. The van der Waals surface area contributed by atoms with E-state index in [-0.39, 0.29) is 22.4 Å². The highest BCUT2D eigenvalue weighted by atomic mass is 32.2. The summed E-state index contributed by atoms with van der Waals surface area (Å²) in [6, 6.07) is 9.82. The van der Waals surface area contributed by atoms with Crippen molar-refractivity contribution in [1.82, 2.24) is 4.72 Å². The number of nitrogens with zero attached hydrogens (tertiary/aromatic N) is 2. The molecule has 7 nitrogen and oxygen atoms in total. The Morgan fingerprint density at radius 2 is 2.04 bits per heavy atom. The van der Waals surface area contributed by atoms with Gasteiger partial charge in [0.15, 0.2) is 0 Å². The molecule has 0 spiro atoms. The molecule has 1 aliphatic heterocycles. The van der Waals surface area contributed by atoms with Gasteiger partial charge >= 0.3 is 0 Å². The fourth-order valence-electron chi connectivity index (χ4n) is 3.29. The highest BCUT2D eigenvalue weighted by Crippen LogP contribution is 2.41. The standard InChI is InChI=1S/C17H18FN3O4S/c1-19-26(24,25)14-7-8-16(17(11-14)21(22)23)20-9-3-6-15(20)12-4-2-5-13(18)10-12/h2,4-5,7-8,10-11,15,19H,3,6,9H2,1H3. The van der Waals surface area contributed by atoms with E-state index in [4.69, 9.17) is 0 Å². The van der Waals surface area contributed by atoms with Gasteiger partial charge in [0, 0.05) is 12.6 Å². The SMILES string of the molecule is CNS(=O)(=O)c1ccc(N2CCCC2c2cccc(F)c2)c([N+](=O)[O-])c1. The molecule has 138 valence electrons. The Morgan fingerprint density at radius 1 is 1.27 bits per heavy atom. The lowest BCUT2D eigenvalue weighted by atomic mass is 10.0. The van der Waals surface area contributed by atoms with E-state index in [0.29, 0.717) is 12.2 Å². The van der Waals surface area contributed by atoms with Crippen molar-refractivity contribution in [1.29, 1.82) is 0 Å². The second kappa shape index (κ2) is 7.00. The number of hydrogen-bond donors (Lipinski definition) is 1. The number of benzene rings is 2. The van der Waals surface area contributed by atoms with E-state index in [1.807, 2.05) is 4.90 Å². The van der Waals surface area contributed by atoms with Crippen molar-refractivity contribution in [2.75, 3.05) is 18.5 Å². The molecule has 0 aromatic heterocycles. The summed E-state index contributed by atoms with van der Waals surface area (Å²) >= 11 is 0. The van der Waals surface area contributed by atoms with Crippen molar-refractivity contribution < 1.29 is 17.7 Å². The Kier molecular flexibility index (Phi) is 4.92. The van der Waals surface area contributed by atoms with E-state index in [1.165, 1.54) is 31.3 Å². The summed E-state index contributed by atoms with van der Waals surface area (Å²) in [5.41, 5.74) is 0.783. The molecule has 3 rings (SSSR count). The van der Waals surface area contributed by atoms with Crippen LogP contribution in [0.2, 0.25) is 0 Å². The minimum Gasteiger partial charge on any atom is -0.359 e. The third-order valence-electron chi connectivity index (χ3n) is 4.52. The average molecular weight is 379 g/mol. The van der Waals surface area contributed by atoms with Crippen molar-refractivity contribution in [3.63, 3.8) is 0 Å². The number of anilines is 1. The zero-order valence-electron chi connectivity index (χ0n) is 14.1. The van der Waals surface area contributed by atoms with Crippen LogP contribution in [0, 0.1) is 15.9 Å². The number of nitro benzene ring substituents is 1. The van der Waals surface area contributed by atoms with Gasteiger partial charge in [0.05, 0.1) is 15.9 Å². The molecule has 1 saturated heterocycles. The summed E-state index contributed by atoms with van der Waals surface area (Å²) in [4.78, 5) is 12.6. The zero-order chi connectivity index (χ0) is 18.9. The Morgan fingerprint density at radius 3 is 2.69 bits per heavy atom. The van der Waals surface area contributed by atoms with Crippen molar-refractivity contribution in [3.05, 3.63) is 64.0 Å². The molecular formula is C17H18FN3O4S. The van der Waals surface area contributed by atoms with Gasteiger partial charge in [-0.05, 0) is 49.7 Å². The fraction of sp³-hybridized carbons (Fsp3) is 0.294. The highest BCUT2D eigenvalue weighted by molar-refractivity contribution is 7.89. The van der Waals surface area contributed by atoms with Gasteiger partial charge in [0.2, 0.25) is 10.0 Å². The van der Waals surface area contributed by atoms with Crippen LogP contribution in [0.5, 0.6) is 0 Å². The normalized spacial score (nSPS) is 17.5. The molecular weight excluding hydrogens is 361 g/mol. The van der Waals surface area contributed by atoms with E-state index in [2.05, 4.69) is 4.72 Å². The van der Waals surface area contributed by atoms with E-state index in [0.717, 1.165) is 24.5 Å². The van der Waals surface area contributed by atoms with Gasteiger partial charge in [0.1, 0.15) is 11.5 Å². The molecule has 0 aliphatic carbocycles. The maximum Gasteiger partial charge on any atom is 0.293 e. The first-order valence-electron chi connectivity index (χ1n) is 8.07. The van der Waals surface area contributed by atoms with Crippen LogP contribution in [0.4, 0.5) is 15.8 Å². The third kappa shape index (κ3) is 3.40. The van der Waals surface area contributed by atoms with Crippen LogP contribution >= 0.6 is 0 Å². The molecule has 0 radical (unpaired) electrons. The first-order valence-corrected chi connectivity index (χ1v) is 9.56. The third-order valence-corrected chi connectivity index (χ3v) is 5.93. The van der Waals surface area contributed by atoms with Crippen molar-refractivity contribution >= 4 is 21.4 Å². The molecule has 0 bridgehead atoms. The van der Waals surface area contributed by atoms with Gasteiger partial charge in [-0.2, -0.15) is 0 Å². The van der Waals surface area contributed by atoms with E-state index in [9.17, 15) is 22.9 Å². The fourth-order valence-corrected chi connectivity index (χ4v) is 4.04. The van der Waals surface area contributed by atoms with Crippen LogP contribution in [0.25, 0.3) is 0 Å². The summed E-state index contributed by atoms with van der Waals surface area (Å²) in [6.07, 6.45) is 1.53. The minimum absolute atomic E-state index is 0.169. The Labute approximate surface area is 150 Å². The van der Waals surface area contributed by atoms with Gasteiger partial charge < -0.3 is 4.90 Å². The number of nitro groups is 1. The monoisotopic (exact) mass is 379 g/mol. The number of rotatable bonds is 5. The highest BCUT2D eigenvalue weighted by Gasteiger charge is 2.32. The zero-order valence-corrected chi connectivity index (χ0v) is 14.9. The van der Waals surface area contributed by atoms with Crippen molar-refractivity contribution in [2.45, 2.75) is 23.8 Å². The first kappa shape index (κ1) is 18.3. The van der Waals surface area contributed by atoms with E-state index in [1.54, 1.807) is 12.1 Å². The molecule has 0 saturated carbocycles. The summed E-state index contributed by atoms with van der Waals surface area (Å²) in [5.74, 6) is -0.362. The van der Waals surface area contributed by atoms with Crippen molar-refractivity contribution in [3.8, 4) is 0 Å². The van der Waals surface area contributed by atoms with Crippen LogP contribution < -0.4 is 9.62 Å². The Hall–Kier alpha value is -2.52.